The molecule has 9 saturated heterocycles. The van der Waals surface area contributed by atoms with Gasteiger partial charge in [-0.2, -0.15) is 0 Å². The van der Waals surface area contributed by atoms with E-state index in [1.165, 1.54) is 57.2 Å². The smallest absolute Gasteiger partial charge is 0.376 e. The van der Waals surface area contributed by atoms with Crippen LogP contribution in [0.15, 0.2) is 11.6 Å². The lowest BCUT2D eigenvalue weighted by Gasteiger charge is -2.32. The fourth-order valence-corrected chi connectivity index (χ4v) is 11.8. The second kappa shape index (κ2) is 46.6. The van der Waals surface area contributed by atoms with Crippen LogP contribution in [0.25, 0.3) is 0 Å². The zero-order valence-electron chi connectivity index (χ0n) is 51.9. The zero-order chi connectivity index (χ0) is 61.6. The van der Waals surface area contributed by atoms with Crippen molar-refractivity contribution in [2.45, 2.75) is 171 Å². The van der Waals surface area contributed by atoms with E-state index in [2.05, 4.69) is 65.0 Å². The van der Waals surface area contributed by atoms with Gasteiger partial charge in [-0.1, -0.05) is 51.8 Å². The van der Waals surface area contributed by atoms with E-state index in [1.54, 1.807) is 47.2 Å². The molecule has 25 heteroatoms. The monoisotopic (exact) mass is 1290 g/mol. The Kier molecular flexibility index (Phi) is 44.5. The third-order valence-electron chi connectivity index (χ3n) is 16.7. The summed E-state index contributed by atoms with van der Waals surface area (Å²) >= 11 is 6.35. The van der Waals surface area contributed by atoms with Crippen LogP contribution in [0, 0.1) is 29.6 Å². The Labute approximate surface area is 515 Å². The summed E-state index contributed by atoms with van der Waals surface area (Å²) in [7, 11) is -1.44. The fraction of sp³-hybridized carbons (Fsp3) is 0.860. The molecule has 0 aliphatic carbocycles. The number of nitrogens with two attached hydrogens (primary N) is 1. The van der Waals surface area contributed by atoms with Crippen molar-refractivity contribution in [2.24, 2.45) is 35.3 Å². The number of carbonyl (C=O) groups is 6. The normalized spacial score (nSPS) is 22.4. The predicted octanol–water partition coefficient (Wildman–Crippen LogP) is 5.85. The molecule has 82 heavy (non-hydrogen) atoms. The van der Waals surface area contributed by atoms with E-state index >= 15 is 0 Å². The van der Waals surface area contributed by atoms with Crippen LogP contribution in [-0.2, 0) is 28.8 Å². The number of rotatable bonds is 14. The van der Waals surface area contributed by atoms with Gasteiger partial charge in [0.2, 0.25) is 0 Å². The molecule has 0 aromatic rings. The number of nitrogens with one attached hydrogen (secondary N) is 1. The SMILES string of the molecule is C.CB(O)N1CCC(=CC(C)=O)CC1.CB(O)N1CCC(=O)CC1.CB(O)N1CCC(CC(=O)CBr)CC1.CB(O)N1CCC(CC(C)=O)CC1.CC1CCN(CN)CC1.O=C(CBr)CC1CCNCC1.O=C1CC2CCN(CC2)C1.[3H]F. The van der Waals surface area contributed by atoms with Crippen LogP contribution in [-0.4, -0.2) is 229 Å². The van der Waals surface area contributed by atoms with Crippen molar-refractivity contribution in [2.75, 3.05) is 116 Å². The second-order valence-corrected chi connectivity index (χ2v) is 24.9. The summed E-state index contributed by atoms with van der Waals surface area (Å²) < 4.78 is 13.0. The summed E-state index contributed by atoms with van der Waals surface area (Å²) in [6.07, 6.45) is 19.4. The first-order chi connectivity index (χ1) is 39.0. The molecule has 0 radical (unpaired) electrons. The summed E-state index contributed by atoms with van der Waals surface area (Å²) in [5.74, 6) is 5.19. The maximum absolute atomic E-state index is 11.2. The quantitative estimate of drug-likeness (QED) is 0.0679. The van der Waals surface area contributed by atoms with Crippen molar-refractivity contribution in [3.05, 3.63) is 11.6 Å². The van der Waals surface area contributed by atoms with Gasteiger partial charge in [-0.15, -0.1) is 0 Å². The maximum Gasteiger partial charge on any atom is 0.376 e. The van der Waals surface area contributed by atoms with E-state index in [4.69, 9.17) is 15.5 Å². The van der Waals surface area contributed by atoms with Crippen LogP contribution < -0.4 is 11.1 Å². The molecule has 9 rings (SSSR count). The van der Waals surface area contributed by atoms with Crippen LogP contribution in [0.4, 0.5) is 4.72 Å². The van der Waals surface area contributed by atoms with Gasteiger partial charge < -0.3 is 55.2 Å². The van der Waals surface area contributed by atoms with E-state index in [0.29, 0.717) is 77.2 Å². The molecule has 2 bridgehead atoms. The number of allylic oxidation sites excluding steroid dienone is 1. The van der Waals surface area contributed by atoms with Gasteiger partial charge in [-0.05, 0) is 245 Å². The van der Waals surface area contributed by atoms with Gasteiger partial charge in [0.05, 0.1) is 17.2 Å². The molecule has 18 nitrogen and oxygen atoms in total. The lowest BCUT2D eigenvalue weighted by molar-refractivity contribution is -0.121. The van der Waals surface area contributed by atoms with Crippen molar-refractivity contribution in [1.29, 1.82) is 1.45 Å². The number of hydrogen-bond donors (Lipinski definition) is 6. The van der Waals surface area contributed by atoms with Crippen LogP contribution in [0.5, 0.6) is 0 Å². The largest absolute Gasteiger partial charge is 0.437 e. The molecule has 9 aliphatic heterocycles. The van der Waals surface area contributed by atoms with Gasteiger partial charge in [0, 0.05) is 45.2 Å². The van der Waals surface area contributed by atoms with Crippen LogP contribution >= 0.6 is 31.9 Å². The molecule has 0 aromatic carbocycles. The Balaban J connectivity index is 0.000000942. The third-order valence-corrected chi connectivity index (χ3v) is 18.0. The number of ketones is 6. The number of hydrogen-bond acceptors (Lipinski definition) is 18. The third kappa shape index (κ3) is 37.2. The van der Waals surface area contributed by atoms with E-state index < -0.39 is 7.05 Å². The highest BCUT2D eigenvalue weighted by Gasteiger charge is 2.29. The fourth-order valence-electron chi connectivity index (χ4n) is 11.3. The first kappa shape index (κ1) is 78.4. The van der Waals surface area contributed by atoms with Crippen molar-refractivity contribution in [3.8, 4) is 0 Å². The molecule has 7 N–H and O–H groups in total. The van der Waals surface area contributed by atoms with E-state index in [0.717, 1.165) is 155 Å². The number of fused-ring (bicyclic) bond motifs is 4. The number of alkyl halides is 2. The van der Waals surface area contributed by atoms with Crippen LogP contribution in [0.2, 0.25) is 27.3 Å². The summed E-state index contributed by atoms with van der Waals surface area (Å²) in [6, 6.07) is 0. The zero-order valence-corrected chi connectivity index (χ0v) is 54.0. The van der Waals surface area contributed by atoms with Gasteiger partial charge in [0.1, 0.15) is 28.9 Å². The molecule has 472 valence electrons. The number of Topliss-reactive ketones (excluding diaryl/α,β-unsaturated/α-hetero) is 5. The Morgan fingerprint density at radius 2 is 0.988 bits per heavy atom. The Hall–Kier alpha value is -1.57. The summed E-state index contributed by atoms with van der Waals surface area (Å²) in [5.41, 5.74) is 6.69. The molecule has 0 spiro atoms. The lowest BCUT2D eigenvalue weighted by Crippen LogP contribution is -2.43. The second-order valence-electron chi connectivity index (χ2n) is 23.8. The lowest BCUT2D eigenvalue weighted by atomic mass is 9.80. The minimum atomic E-state index is -0.395. The van der Waals surface area contributed by atoms with Crippen molar-refractivity contribution in [3.63, 3.8) is 0 Å². The minimum absolute atomic E-state index is 0. The van der Waals surface area contributed by atoms with Gasteiger partial charge in [-0.3, -0.25) is 38.5 Å². The van der Waals surface area contributed by atoms with E-state index in [1.807, 2.05) is 9.62 Å². The summed E-state index contributed by atoms with van der Waals surface area (Å²) in [5, 5.41) is 41.3. The maximum atomic E-state index is 11.2. The summed E-state index contributed by atoms with van der Waals surface area (Å²) in [6.45, 7) is 27.9. The Bertz CT molecular complexity index is 1780. The van der Waals surface area contributed by atoms with Gasteiger partial charge in [0.15, 0.2) is 5.78 Å². The number of carbonyl (C=O) groups excluding carboxylic acids is 6. The number of nitrogens with zero attached hydrogens (tertiary/aromatic N) is 6. The number of likely N-dealkylation sites (tertiary alicyclic amines) is 1. The molecular formula is C57H111B4Br2FN8O10. The molecule has 0 amide bonds. The molecule has 0 saturated carbocycles. The number of piperidine rings is 7. The topological polar surface area (TPSA) is 241 Å². The van der Waals surface area contributed by atoms with Crippen molar-refractivity contribution >= 4 is 94.8 Å². The first-order valence-electron chi connectivity index (χ1n) is 30.8. The standard InChI is InChI=1S/C9H17BBrNO2.C9H18BNO2.C9H16BNO2.C8H14BrNO.C8H13NO.C7H16N2.C6H12BNO2.CH4.FH/c1-10(14)12-4-2-8(3-5-12)6-9(13)7-11;2*1-8(12)7-9-3-5-11(6-4-9)10(2)13;9-6-8(11)5-7-1-3-10-4-2-7;10-8-5-7-1-3-9(6-8)4-2-7;1-7-2-4-9(6-8)5-3-7;1-7(10)8-4-2-6(9)3-5-8;;/h8,14H,2-7H2,1H3;9,13H,3-7H2,1-2H3;7,13H,3-6H2,1-2H3;7,10H,1-6H2;7H,1-6H2;7H,2-6,8H2,1H3;10H,2-5H2,1H3;1H4;1H/i/hT. The van der Waals surface area contributed by atoms with Crippen molar-refractivity contribution in [1.82, 2.24) is 34.4 Å². The van der Waals surface area contributed by atoms with Crippen molar-refractivity contribution < 1.29 is 53.6 Å². The molecule has 9 heterocycles. The highest BCUT2D eigenvalue weighted by molar-refractivity contribution is 9.09. The van der Waals surface area contributed by atoms with E-state index in [9.17, 15) is 43.8 Å². The molecular weight excluding hydrogens is 1180 g/mol. The Morgan fingerprint density at radius 3 is 1.37 bits per heavy atom. The van der Waals surface area contributed by atoms with Gasteiger partial charge in [0.25, 0.3) is 1.45 Å². The first-order valence-corrected chi connectivity index (χ1v) is 32.7. The molecule has 9 fully saturated rings. The minimum Gasteiger partial charge on any atom is -0.437 e. The van der Waals surface area contributed by atoms with Crippen LogP contribution in [0.3, 0.4) is 0 Å². The van der Waals surface area contributed by atoms with E-state index in [-0.39, 0.29) is 40.1 Å². The average molecular weight is 1290 g/mol. The van der Waals surface area contributed by atoms with Crippen LogP contribution in [0.1, 0.15) is 144 Å². The molecule has 9 aliphatic rings. The highest BCUT2D eigenvalue weighted by Crippen LogP contribution is 2.25. The highest BCUT2D eigenvalue weighted by atomic mass is 79.9. The number of halogens is 3. The average Bonchev–Trinajstić information content (AvgIpc) is 3.79. The molecule has 0 atom stereocenters. The molecule has 0 aromatic heterocycles. The predicted molar refractivity (Wildman–Crippen MR) is 344 cm³/mol. The summed E-state index contributed by atoms with van der Waals surface area (Å²) in [4.78, 5) is 78.3. The van der Waals surface area contributed by atoms with Gasteiger partial charge in [-0.25, -0.2) is 0 Å². The Morgan fingerprint density at radius 1 is 0.598 bits per heavy atom. The van der Waals surface area contributed by atoms with Gasteiger partial charge >= 0.3 is 28.2 Å². The molecule has 0 unspecified atom stereocenters.